The van der Waals surface area contributed by atoms with E-state index in [9.17, 15) is 9.59 Å². The van der Waals surface area contributed by atoms with E-state index in [1.165, 1.54) is 20.2 Å². The molecule has 0 aliphatic rings. The molecule has 0 heterocycles. The highest BCUT2D eigenvalue weighted by molar-refractivity contribution is 5.86. The molecule has 1 amide bonds. The third kappa shape index (κ3) is 4.71. The van der Waals surface area contributed by atoms with Gasteiger partial charge < -0.3 is 19.9 Å². The molecule has 1 rings (SSSR count). The van der Waals surface area contributed by atoms with Gasteiger partial charge in [-0.25, -0.2) is 4.79 Å². The van der Waals surface area contributed by atoms with Crippen molar-refractivity contribution >= 4 is 18.0 Å². The van der Waals surface area contributed by atoms with Crippen LogP contribution in [-0.2, 0) is 9.59 Å². The van der Waals surface area contributed by atoms with Gasteiger partial charge in [-0.3, -0.25) is 4.79 Å². The number of carboxylic acid groups (broad SMARTS) is 1. The number of carbonyl (C=O) groups is 2. The highest BCUT2D eigenvalue weighted by Crippen LogP contribution is 2.25. The van der Waals surface area contributed by atoms with Gasteiger partial charge in [0, 0.05) is 24.8 Å². The van der Waals surface area contributed by atoms with Crippen LogP contribution in [0.5, 0.6) is 11.5 Å². The Bertz CT molecular complexity index is 496. The van der Waals surface area contributed by atoms with Crippen molar-refractivity contribution in [2.24, 2.45) is 0 Å². The summed E-state index contributed by atoms with van der Waals surface area (Å²) in [6.07, 6.45) is 2.38. The lowest BCUT2D eigenvalue weighted by molar-refractivity contribution is -0.131. The Hall–Kier alpha value is -2.50. The van der Waals surface area contributed by atoms with Gasteiger partial charge in [-0.05, 0) is 18.2 Å². The van der Waals surface area contributed by atoms with Crippen LogP contribution in [0, 0.1) is 0 Å². The van der Waals surface area contributed by atoms with Crippen LogP contribution in [0.25, 0.3) is 6.08 Å². The van der Waals surface area contributed by atoms with Crippen LogP contribution >= 0.6 is 0 Å². The third-order valence-corrected chi connectivity index (χ3v) is 2.26. The van der Waals surface area contributed by atoms with Crippen LogP contribution in [0.1, 0.15) is 5.56 Å². The molecule has 0 bridgehead atoms. The van der Waals surface area contributed by atoms with Crippen molar-refractivity contribution in [3.63, 3.8) is 0 Å². The summed E-state index contributed by atoms with van der Waals surface area (Å²) in [6, 6.07) is 4.91. The van der Waals surface area contributed by atoms with Crippen LogP contribution < -0.4 is 14.8 Å². The number of rotatable bonds is 6. The summed E-state index contributed by atoms with van der Waals surface area (Å²) in [5, 5.41) is 11.0. The zero-order chi connectivity index (χ0) is 14.3. The Morgan fingerprint density at radius 1 is 1.42 bits per heavy atom. The average Bonchev–Trinajstić information content (AvgIpc) is 2.42. The normalized spacial score (nSPS) is 10.2. The number of likely N-dealkylation sites (N-methyl/N-ethyl adjacent to an activating group) is 1. The molecule has 0 saturated carbocycles. The minimum atomic E-state index is -1.06. The van der Waals surface area contributed by atoms with Gasteiger partial charge in [0.2, 0.25) is 0 Å². The fourth-order valence-corrected chi connectivity index (χ4v) is 1.28. The second-order valence-electron chi connectivity index (χ2n) is 3.54. The molecule has 1 aromatic carbocycles. The predicted octanol–water partition coefficient (Wildman–Crippen LogP) is 0.918. The fourth-order valence-electron chi connectivity index (χ4n) is 1.28. The van der Waals surface area contributed by atoms with Gasteiger partial charge in [0.1, 0.15) is 11.5 Å². The van der Waals surface area contributed by atoms with Crippen molar-refractivity contribution < 1.29 is 24.2 Å². The van der Waals surface area contributed by atoms with Crippen LogP contribution in [0.15, 0.2) is 24.3 Å². The number of carboxylic acids is 1. The maximum Gasteiger partial charge on any atom is 0.328 e. The number of amides is 1. The summed E-state index contributed by atoms with van der Waals surface area (Å²) < 4.78 is 10.4. The molecule has 0 aromatic heterocycles. The van der Waals surface area contributed by atoms with Gasteiger partial charge in [0.15, 0.2) is 6.61 Å². The van der Waals surface area contributed by atoms with Gasteiger partial charge >= 0.3 is 5.97 Å². The van der Waals surface area contributed by atoms with Crippen molar-refractivity contribution in [1.29, 1.82) is 0 Å². The number of hydrogen-bond acceptors (Lipinski definition) is 4. The van der Waals surface area contributed by atoms with Gasteiger partial charge in [-0.2, -0.15) is 0 Å². The van der Waals surface area contributed by atoms with Crippen molar-refractivity contribution in [1.82, 2.24) is 5.32 Å². The number of methoxy groups -OCH3 is 1. The lowest BCUT2D eigenvalue weighted by Crippen LogP contribution is -2.25. The minimum absolute atomic E-state index is 0.155. The van der Waals surface area contributed by atoms with Gasteiger partial charge in [-0.15, -0.1) is 0 Å². The minimum Gasteiger partial charge on any atom is -0.497 e. The largest absolute Gasteiger partial charge is 0.497 e. The number of benzene rings is 1. The highest BCUT2D eigenvalue weighted by atomic mass is 16.5. The number of ether oxygens (including phenoxy) is 2. The Morgan fingerprint density at radius 3 is 2.74 bits per heavy atom. The van der Waals surface area contributed by atoms with E-state index in [1.54, 1.807) is 18.2 Å². The molecule has 0 aliphatic carbocycles. The third-order valence-electron chi connectivity index (χ3n) is 2.26. The SMILES string of the molecule is CNC(=O)COc1cc(OC)ccc1C=CC(=O)O. The standard InChI is InChI=1S/C13H15NO5/c1-14-12(15)8-19-11-7-10(18-2)5-3-9(11)4-6-13(16)17/h3-7H,8H2,1-2H3,(H,14,15)(H,16,17). The molecule has 6 heteroatoms. The Kier molecular flexibility index (Phi) is 5.40. The lowest BCUT2D eigenvalue weighted by Gasteiger charge is -2.10. The van der Waals surface area contributed by atoms with Crippen molar-refractivity contribution in [3.05, 3.63) is 29.8 Å². The molecule has 0 fully saturated rings. The van der Waals surface area contributed by atoms with E-state index in [4.69, 9.17) is 14.6 Å². The molecular weight excluding hydrogens is 250 g/mol. The van der Waals surface area contributed by atoms with E-state index >= 15 is 0 Å². The zero-order valence-corrected chi connectivity index (χ0v) is 10.7. The lowest BCUT2D eigenvalue weighted by atomic mass is 10.1. The van der Waals surface area contributed by atoms with E-state index < -0.39 is 5.97 Å². The molecule has 0 spiro atoms. The maximum atomic E-state index is 11.1. The monoisotopic (exact) mass is 265 g/mol. The number of hydrogen-bond donors (Lipinski definition) is 2. The number of nitrogens with one attached hydrogen (secondary N) is 1. The Balaban J connectivity index is 2.95. The molecule has 2 N–H and O–H groups in total. The molecule has 0 aliphatic heterocycles. The number of carbonyl (C=O) groups excluding carboxylic acids is 1. The molecule has 0 unspecified atom stereocenters. The Labute approximate surface area is 110 Å². The molecule has 0 atom stereocenters. The van der Waals surface area contributed by atoms with E-state index in [2.05, 4.69) is 5.32 Å². The summed E-state index contributed by atoms with van der Waals surface area (Å²) >= 11 is 0. The quantitative estimate of drug-likeness (QED) is 0.747. The summed E-state index contributed by atoms with van der Waals surface area (Å²) in [5.41, 5.74) is 0.548. The van der Waals surface area contributed by atoms with E-state index in [1.807, 2.05) is 0 Å². The first-order valence-electron chi connectivity index (χ1n) is 5.49. The first-order chi connectivity index (χ1) is 9.06. The molecule has 1 aromatic rings. The van der Waals surface area contributed by atoms with E-state index in [0.29, 0.717) is 17.1 Å². The Morgan fingerprint density at radius 2 is 2.16 bits per heavy atom. The second-order valence-corrected chi connectivity index (χ2v) is 3.54. The van der Waals surface area contributed by atoms with Crippen molar-refractivity contribution in [2.75, 3.05) is 20.8 Å². The first-order valence-corrected chi connectivity index (χ1v) is 5.49. The fraction of sp³-hybridized carbons (Fsp3) is 0.231. The van der Waals surface area contributed by atoms with Gasteiger partial charge in [0.05, 0.1) is 7.11 Å². The second kappa shape index (κ2) is 7.05. The van der Waals surface area contributed by atoms with Crippen molar-refractivity contribution in [3.8, 4) is 11.5 Å². The molecule has 19 heavy (non-hydrogen) atoms. The highest BCUT2D eigenvalue weighted by Gasteiger charge is 2.06. The molecule has 0 saturated heterocycles. The number of aliphatic carboxylic acids is 1. The van der Waals surface area contributed by atoms with Crippen molar-refractivity contribution in [2.45, 2.75) is 0 Å². The topological polar surface area (TPSA) is 84.9 Å². The summed E-state index contributed by atoms with van der Waals surface area (Å²) in [5.74, 6) is -0.413. The summed E-state index contributed by atoms with van der Waals surface area (Å²) in [6.45, 7) is -0.155. The first kappa shape index (κ1) is 14.6. The van der Waals surface area contributed by atoms with Crippen LogP contribution in [0.2, 0.25) is 0 Å². The van der Waals surface area contributed by atoms with E-state index in [-0.39, 0.29) is 12.5 Å². The zero-order valence-electron chi connectivity index (χ0n) is 10.7. The molecule has 102 valence electrons. The molecule has 0 radical (unpaired) electrons. The smallest absolute Gasteiger partial charge is 0.328 e. The van der Waals surface area contributed by atoms with Crippen LogP contribution in [-0.4, -0.2) is 37.7 Å². The average molecular weight is 265 g/mol. The molecule has 6 nitrogen and oxygen atoms in total. The van der Waals surface area contributed by atoms with Gasteiger partial charge in [-0.1, -0.05) is 0 Å². The van der Waals surface area contributed by atoms with Crippen LogP contribution in [0.3, 0.4) is 0 Å². The molecular formula is C13H15NO5. The summed E-state index contributed by atoms with van der Waals surface area (Å²) in [4.78, 5) is 21.6. The van der Waals surface area contributed by atoms with Gasteiger partial charge in [0.25, 0.3) is 5.91 Å². The maximum absolute atomic E-state index is 11.1. The summed E-state index contributed by atoms with van der Waals surface area (Å²) in [7, 11) is 3.01. The predicted molar refractivity (Wildman–Crippen MR) is 69.2 cm³/mol. The van der Waals surface area contributed by atoms with Crippen LogP contribution in [0.4, 0.5) is 0 Å². The van der Waals surface area contributed by atoms with E-state index in [0.717, 1.165) is 6.08 Å².